The predicted octanol–water partition coefficient (Wildman–Crippen LogP) is 3.11. The fourth-order valence-corrected chi connectivity index (χ4v) is 2.09. The molecule has 0 bridgehead atoms. The third-order valence-corrected chi connectivity index (χ3v) is 3.03. The number of aromatic nitrogens is 1. The zero-order valence-electron chi connectivity index (χ0n) is 8.68. The quantitative estimate of drug-likeness (QED) is 0.894. The summed E-state index contributed by atoms with van der Waals surface area (Å²) in [5.74, 6) is -0.984. The summed E-state index contributed by atoms with van der Waals surface area (Å²) in [6.45, 7) is 0.476. The fraction of sp³-hybridized carbons (Fsp3) is 0.0909. The molecule has 2 aromatic rings. The summed E-state index contributed by atoms with van der Waals surface area (Å²) in [4.78, 5) is 15.1. The number of aromatic carboxylic acids is 1. The van der Waals surface area contributed by atoms with Crippen LogP contribution in [0.25, 0.3) is 0 Å². The van der Waals surface area contributed by atoms with Gasteiger partial charge in [0.15, 0.2) is 0 Å². The van der Waals surface area contributed by atoms with Gasteiger partial charge in [-0.25, -0.2) is 9.78 Å². The monoisotopic (exact) mass is 268 g/mol. The maximum atomic E-state index is 11.0. The highest BCUT2D eigenvalue weighted by Gasteiger charge is 2.10. The Morgan fingerprint density at radius 3 is 3.00 bits per heavy atom. The van der Waals surface area contributed by atoms with Crippen molar-refractivity contribution in [2.45, 2.75) is 6.54 Å². The van der Waals surface area contributed by atoms with Crippen LogP contribution in [0.2, 0.25) is 5.02 Å². The van der Waals surface area contributed by atoms with Crippen LogP contribution < -0.4 is 5.32 Å². The predicted molar refractivity (Wildman–Crippen MR) is 67.9 cm³/mol. The maximum Gasteiger partial charge on any atom is 0.337 e. The Bertz CT molecular complexity index is 528. The molecule has 1 aromatic heterocycles. The Kier molecular flexibility index (Phi) is 3.61. The SMILES string of the molecule is O=C(O)c1ccc(Cl)cc1NCc1cscn1. The van der Waals surface area contributed by atoms with Crippen LogP contribution in [-0.2, 0) is 6.54 Å². The molecular formula is C11H9ClN2O2S. The van der Waals surface area contributed by atoms with Crippen molar-refractivity contribution in [3.05, 3.63) is 45.4 Å². The van der Waals surface area contributed by atoms with E-state index in [1.165, 1.54) is 17.4 Å². The summed E-state index contributed by atoms with van der Waals surface area (Å²) in [6.07, 6.45) is 0. The van der Waals surface area contributed by atoms with Crippen LogP contribution in [0.1, 0.15) is 16.1 Å². The molecule has 0 atom stereocenters. The van der Waals surface area contributed by atoms with Crippen LogP contribution in [0.4, 0.5) is 5.69 Å². The van der Waals surface area contributed by atoms with Crippen molar-refractivity contribution in [3.8, 4) is 0 Å². The molecule has 0 spiro atoms. The van der Waals surface area contributed by atoms with Gasteiger partial charge in [-0.05, 0) is 18.2 Å². The fourth-order valence-electron chi connectivity index (χ4n) is 1.36. The van der Waals surface area contributed by atoms with E-state index < -0.39 is 5.97 Å². The van der Waals surface area contributed by atoms with Crippen molar-refractivity contribution in [1.29, 1.82) is 0 Å². The molecule has 0 amide bonds. The second kappa shape index (κ2) is 5.16. The normalized spacial score (nSPS) is 10.2. The van der Waals surface area contributed by atoms with Gasteiger partial charge in [0.05, 0.1) is 29.0 Å². The number of carboxylic acid groups (broad SMARTS) is 1. The summed E-state index contributed by atoms with van der Waals surface area (Å²) in [5, 5.41) is 14.4. The number of carboxylic acids is 1. The van der Waals surface area contributed by atoms with Crippen molar-refractivity contribution in [2.75, 3.05) is 5.32 Å². The second-order valence-electron chi connectivity index (χ2n) is 3.33. The van der Waals surface area contributed by atoms with E-state index in [-0.39, 0.29) is 5.56 Å². The molecule has 0 fully saturated rings. The third kappa shape index (κ3) is 2.95. The Morgan fingerprint density at radius 1 is 1.53 bits per heavy atom. The molecule has 0 aliphatic rings. The average Bonchev–Trinajstić information content (AvgIpc) is 2.78. The van der Waals surface area contributed by atoms with Crippen LogP contribution in [-0.4, -0.2) is 16.1 Å². The van der Waals surface area contributed by atoms with Gasteiger partial charge in [0.1, 0.15) is 0 Å². The molecule has 1 aromatic carbocycles. The minimum absolute atomic E-state index is 0.199. The first-order valence-corrected chi connectivity index (χ1v) is 6.12. The van der Waals surface area contributed by atoms with Crippen molar-refractivity contribution in [2.24, 2.45) is 0 Å². The number of carbonyl (C=O) groups is 1. The minimum Gasteiger partial charge on any atom is -0.478 e. The molecule has 0 aliphatic heterocycles. The van der Waals surface area contributed by atoms with Gasteiger partial charge in [-0.1, -0.05) is 11.6 Å². The van der Waals surface area contributed by atoms with E-state index in [1.807, 2.05) is 5.38 Å². The van der Waals surface area contributed by atoms with Gasteiger partial charge in [-0.3, -0.25) is 0 Å². The lowest BCUT2D eigenvalue weighted by molar-refractivity contribution is 0.0698. The lowest BCUT2D eigenvalue weighted by Gasteiger charge is -2.08. The van der Waals surface area contributed by atoms with E-state index in [0.29, 0.717) is 17.3 Å². The molecule has 0 saturated carbocycles. The molecule has 0 aliphatic carbocycles. The lowest BCUT2D eigenvalue weighted by atomic mass is 10.2. The molecule has 0 unspecified atom stereocenters. The first kappa shape index (κ1) is 11.9. The number of nitrogens with one attached hydrogen (secondary N) is 1. The smallest absolute Gasteiger partial charge is 0.337 e. The highest BCUT2D eigenvalue weighted by Crippen LogP contribution is 2.21. The number of halogens is 1. The van der Waals surface area contributed by atoms with Crippen LogP contribution in [0.5, 0.6) is 0 Å². The third-order valence-electron chi connectivity index (χ3n) is 2.16. The average molecular weight is 269 g/mol. The summed E-state index contributed by atoms with van der Waals surface area (Å²) >= 11 is 7.33. The first-order valence-electron chi connectivity index (χ1n) is 4.80. The Hall–Kier alpha value is -1.59. The number of hydrogen-bond donors (Lipinski definition) is 2. The molecule has 2 N–H and O–H groups in total. The largest absolute Gasteiger partial charge is 0.478 e. The maximum absolute atomic E-state index is 11.0. The minimum atomic E-state index is -0.984. The Labute approximate surface area is 107 Å². The van der Waals surface area contributed by atoms with Gasteiger partial charge >= 0.3 is 5.97 Å². The molecule has 4 nitrogen and oxygen atoms in total. The van der Waals surface area contributed by atoms with Crippen molar-refractivity contribution < 1.29 is 9.90 Å². The van der Waals surface area contributed by atoms with Gasteiger partial charge in [0.25, 0.3) is 0 Å². The molecule has 6 heteroatoms. The highest BCUT2D eigenvalue weighted by molar-refractivity contribution is 7.07. The molecule has 0 radical (unpaired) electrons. The first-order chi connectivity index (χ1) is 8.16. The Morgan fingerprint density at radius 2 is 2.35 bits per heavy atom. The summed E-state index contributed by atoms with van der Waals surface area (Å²) in [5.41, 5.74) is 3.29. The topological polar surface area (TPSA) is 62.2 Å². The lowest BCUT2D eigenvalue weighted by Crippen LogP contribution is -2.06. The van der Waals surface area contributed by atoms with Gasteiger partial charge in [0.2, 0.25) is 0 Å². The van der Waals surface area contributed by atoms with Gasteiger partial charge < -0.3 is 10.4 Å². The van der Waals surface area contributed by atoms with Crippen molar-refractivity contribution >= 4 is 34.6 Å². The van der Waals surface area contributed by atoms with Crippen LogP contribution in [0.3, 0.4) is 0 Å². The van der Waals surface area contributed by atoms with E-state index in [9.17, 15) is 4.79 Å². The zero-order chi connectivity index (χ0) is 12.3. The standard InChI is InChI=1S/C11H9ClN2O2S/c12-7-1-2-9(11(15)16)10(3-7)13-4-8-5-17-6-14-8/h1-3,5-6,13H,4H2,(H,15,16). The van der Waals surface area contributed by atoms with Crippen LogP contribution in [0, 0.1) is 0 Å². The zero-order valence-corrected chi connectivity index (χ0v) is 10.3. The van der Waals surface area contributed by atoms with Gasteiger partial charge in [0, 0.05) is 10.4 Å². The number of benzene rings is 1. The second-order valence-corrected chi connectivity index (χ2v) is 4.48. The number of thiazole rings is 1. The molecule has 2 rings (SSSR count). The number of hydrogen-bond acceptors (Lipinski definition) is 4. The summed E-state index contributed by atoms with van der Waals surface area (Å²) in [6, 6.07) is 4.63. The highest BCUT2D eigenvalue weighted by atomic mass is 35.5. The molecule has 88 valence electrons. The van der Waals surface area contributed by atoms with E-state index >= 15 is 0 Å². The van der Waals surface area contributed by atoms with Crippen molar-refractivity contribution in [3.63, 3.8) is 0 Å². The van der Waals surface area contributed by atoms with E-state index in [1.54, 1.807) is 17.6 Å². The number of anilines is 1. The van der Waals surface area contributed by atoms with Crippen LogP contribution >= 0.6 is 22.9 Å². The summed E-state index contributed by atoms with van der Waals surface area (Å²) in [7, 11) is 0. The van der Waals surface area contributed by atoms with E-state index in [2.05, 4.69) is 10.3 Å². The summed E-state index contributed by atoms with van der Waals surface area (Å²) < 4.78 is 0. The van der Waals surface area contributed by atoms with Gasteiger partial charge in [-0.15, -0.1) is 11.3 Å². The Balaban J connectivity index is 2.19. The molecule has 17 heavy (non-hydrogen) atoms. The molecule has 1 heterocycles. The van der Waals surface area contributed by atoms with Crippen LogP contribution in [0.15, 0.2) is 29.1 Å². The number of rotatable bonds is 4. The van der Waals surface area contributed by atoms with E-state index in [0.717, 1.165) is 5.69 Å². The van der Waals surface area contributed by atoms with E-state index in [4.69, 9.17) is 16.7 Å². The van der Waals surface area contributed by atoms with Crippen molar-refractivity contribution in [1.82, 2.24) is 4.98 Å². The number of nitrogens with zero attached hydrogens (tertiary/aromatic N) is 1. The molecule has 0 saturated heterocycles. The van der Waals surface area contributed by atoms with Gasteiger partial charge in [-0.2, -0.15) is 0 Å². The molecular weight excluding hydrogens is 260 g/mol.